The molecule has 0 aliphatic heterocycles. The summed E-state index contributed by atoms with van der Waals surface area (Å²) in [4.78, 5) is 6.69. The molecule has 1 heterocycles. The number of nitrogens with zero attached hydrogens (tertiary/aromatic N) is 2. The fourth-order valence-corrected chi connectivity index (χ4v) is 3.15. The van der Waals surface area contributed by atoms with E-state index in [-0.39, 0.29) is 5.54 Å². The first-order chi connectivity index (χ1) is 7.16. The second-order valence-electron chi connectivity index (χ2n) is 4.78. The van der Waals surface area contributed by atoms with Crippen LogP contribution in [0.2, 0.25) is 0 Å². The molecule has 2 N–H and O–H groups in total. The van der Waals surface area contributed by atoms with Gasteiger partial charge in [-0.25, -0.2) is 4.98 Å². The summed E-state index contributed by atoms with van der Waals surface area (Å²) in [6, 6.07) is 0. The Labute approximate surface area is 95.3 Å². The maximum atomic E-state index is 5.90. The van der Waals surface area contributed by atoms with Gasteiger partial charge in [-0.05, 0) is 25.8 Å². The van der Waals surface area contributed by atoms with E-state index in [4.69, 9.17) is 5.73 Å². The van der Waals surface area contributed by atoms with Crippen LogP contribution in [0.5, 0.6) is 0 Å². The average Bonchev–Trinajstić information content (AvgIpc) is 2.64. The Morgan fingerprint density at radius 3 is 2.87 bits per heavy atom. The third kappa shape index (κ3) is 2.07. The number of nitrogens with two attached hydrogens (primary N) is 1. The van der Waals surface area contributed by atoms with Gasteiger partial charge in [0.1, 0.15) is 0 Å². The van der Waals surface area contributed by atoms with Gasteiger partial charge < -0.3 is 5.73 Å². The molecule has 15 heavy (non-hydrogen) atoms. The molecular formula is C11H19N3S. The molecule has 0 amide bonds. The largest absolute Gasteiger partial charge is 0.329 e. The smallest absolute Gasteiger partial charge is 0.0795 e. The SMILES string of the molecule is CC1CC(CN)(N(C)Cc2cscn2)C1. The van der Waals surface area contributed by atoms with Gasteiger partial charge in [-0.1, -0.05) is 6.92 Å². The van der Waals surface area contributed by atoms with E-state index in [1.807, 2.05) is 5.51 Å². The lowest BCUT2D eigenvalue weighted by atomic mass is 9.68. The van der Waals surface area contributed by atoms with E-state index in [1.165, 1.54) is 12.8 Å². The topological polar surface area (TPSA) is 42.1 Å². The van der Waals surface area contributed by atoms with E-state index >= 15 is 0 Å². The van der Waals surface area contributed by atoms with Crippen molar-refractivity contribution in [1.29, 1.82) is 0 Å². The van der Waals surface area contributed by atoms with E-state index in [2.05, 4.69) is 29.2 Å². The predicted octanol–water partition coefficient (Wildman–Crippen LogP) is 1.70. The Morgan fingerprint density at radius 2 is 2.40 bits per heavy atom. The molecule has 84 valence electrons. The monoisotopic (exact) mass is 225 g/mol. The molecule has 0 bridgehead atoms. The minimum absolute atomic E-state index is 0.239. The van der Waals surface area contributed by atoms with Crippen LogP contribution in [-0.4, -0.2) is 29.0 Å². The number of rotatable bonds is 4. The summed E-state index contributed by atoms with van der Waals surface area (Å²) in [6.07, 6.45) is 2.45. The molecule has 2 rings (SSSR count). The van der Waals surface area contributed by atoms with Crippen molar-refractivity contribution in [2.45, 2.75) is 31.8 Å². The summed E-state index contributed by atoms with van der Waals surface area (Å²) in [7, 11) is 2.16. The third-order valence-corrected chi connectivity index (χ3v) is 4.16. The second kappa shape index (κ2) is 4.20. The van der Waals surface area contributed by atoms with Gasteiger partial charge >= 0.3 is 0 Å². The van der Waals surface area contributed by atoms with Crippen molar-refractivity contribution in [1.82, 2.24) is 9.88 Å². The highest BCUT2D eigenvalue weighted by Crippen LogP contribution is 2.41. The zero-order valence-corrected chi connectivity index (χ0v) is 10.3. The molecule has 0 radical (unpaired) electrons. The molecule has 4 heteroatoms. The maximum absolute atomic E-state index is 5.90. The van der Waals surface area contributed by atoms with Gasteiger partial charge in [0.15, 0.2) is 0 Å². The summed E-state index contributed by atoms with van der Waals surface area (Å²) in [5.41, 5.74) is 9.19. The molecule has 1 fully saturated rings. The normalized spacial score (nSPS) is 30.5. The molecule has 0 aromatic carbocycles. The van der Waals surface area contributed by atoms with Crippen LogP contribution in [0.3, 0.4) is 0 Å². The average molecular weight is 225 g/mol. The highest BCUT2D eigenvalue weighted by atomic mass is 32.1. The van der Waals surface area contributed by atoms with Gasteiger partial charge in [0.05, 0.1) is 11.2 Å². The standard InChI is InChI=1S/C11H19N3S/c1-9-3-11(4-9,7-12)14(2)5-10-6-15-8-13-10/h6,8-9H,3-5,7,12H2,1-2H3. The first-order valence-corrected chi connectivity index (χ1v) is 6.39. The Balaban J connectivity index is 1.98. The third-order valence-electron chi connectivity index (χ3n) is 3.53. The van der Waals surface area contributed by atoms with Gasteiger partial charge in [0.2, 0.25) is 0 Å². The van der Waals surface area contributed by atoms with E-state index in [9.17, 15) is 0 Å². The van der Waals surface area contributed by atoms with Gasteiger partial charge in [-0.3, -0.25) is 4.90 Å². The fraction of sp³-hybridized carbons (Fsp3) is 0.727. The number of hydrogen-bond acceptors (Lipinski definition) is 4. The predicted molar refractivity (Wildman–Crippen MR) is 63.8 cm³/mol. The lowest BCUT2D eigenvalue weighted by molar-refractivity contribution is -0.000344. The van der Waals surface area contributed by atoms with Gasteiger partial charge in [-0.15, -0.1) is 11.3 Å². The van der Waals surface area contributed by atoms with E-state index in [1.54, 1.807) is 11.3 Å². The van der Waals surface area contributed by atoms with Crippen LogP contribution in [0.4, 0.5) is 0 Å². The first kappa shape index (κ1) is 11.0. The molecule has 1 aromatic heterocycles. The van der Waals surface area contributed by atoms with Crippen molar-refractivity contribution < 1.29 is 0 Å². The minimum atomic E-state index is 0.239. The molecular weight excluding hydrogens is 206 g/mol. The Morgan fingerprint density at radius 1 is 1.67 bits per heavy atom. The van der Waals surface area contributed by atoms with E-state index in [0.717, 1.165) is 24.7 Å². The van der Waals surface area contributed by atoms with Crippen LogP contribution >= 0.6 is 11.3 Å². The fourth-order valence-electron chi connectivity index (χ4n) is 2.60. The Hall–Kier alpha value is -0.450. The molecule has 1 aliphatic rings. The molecule has 0 atom stereocenters. The maximum Gasteiger partial charge on any atom is 0.0795 e. The second-order valence-corrected chi connectivity index (χ2v) is 5.50. The van der Waals surface area contributed by atoms with Gasteiger partial charge in [0, 0.05) is 24.0 Å². The van der Waals surface area contributed by atoms with Crippen LogP contribution in [0.1, 0.15) is 25.5 Å². The lowest BCUT2D eigenvalue weighted by Crippen LogP contribution is -2.59. The van der Waals surface area contributed by atoms with Crippen molar-refractivity contribution in [3.05, 3.63) is 16.6 Å². The molecule has 1 aliphatic carbocycles. The Kier molecular flexibility index (Phi) is 3.09. The molecule has 0 spiro atoms. The number of hydrogen-bond donors (Lipinski definition) is 1. The highest BCUT2D eigenvalue weighted by molar-refractivity contribution is 7.07. The molecule has 0 saturated heterocycles. The van der Waals surface area contributed by atoms with Crippen molar-refractivity contribution in [3.63, 3.8) is 0 Å². The van der Waals surface area contributed by atoms with Gasteiger partial charge in [0.25, 0.3) is 0 Å². The van der Waals surface area contributed by atoms with E-state index < -0.39 is 0 Å². The van der Waals surface area contributed by atoms with E-state index in [0.29, 0.717) is 0 Å². The zero-order chi connectivity index (χ0) is 10.9. The van der Waals surface area contributed by atoms with Crippen molar-refractivity contribution in [2.75, 3.05) is 13.6 Å². The molecule has 1 saturated carbocycles. The zero-order valence-electron chi connectivity index (χ0n) is 9.44. The molecule has 0 unspecified atom stereocenters. The van der Waals surface area contributed by atoms with Crippen LogP contribution in [0.15, 0.2) is 10.9 Å². The summed E-state index contributed by atoms with van der Waals surface area (Å²) in [5, 5.41) is 2.11. The highest BCUT2D eigenvalue weighted by Gasteiger charge is 2.43. The van der Waals surface area contributed by atoms with Crippen LogP contribution < -0.4 is 5.73 Å². The Bertz CT molecular complexity index is 304. The number of likely N-dealkylation sites (N-methyl/N-ethyl adjacent to an activating group) is 1. The summed E-state index contributed by atoms with van der Waals surface area (Å²) >= 11 is 1.66. The van der Waals surface area contributed by atoms with Crippen molar-refractivity contribution in [2.24, 2.45) is 11.7 Å². The molecule has 3 nitrogen and oxygen atoms in total. The summed E-state index contributed by atoms with van der Waals surface area (Å²) < 4.78 is 0. The van der Waals surface area contributed by atoms with Crippen LogP contribution in [0.25, 0.3) is 0 Å². The lowest BCUT2D eigenvalue weighted by Gasteiger charge is -2.51. The minimum Gasteiger partial charge on any atom is -0.329 e. The van der Waals surface area contributed by atoms with Crippen LogP contribution in [-0.2, 0) is 6.54 Å². The number of aromatic nitrogens is 1. The van der Waals surface area contributed by atoms with Gasteiger partial charge in [-0.2, -0.15) is 0 Å². The summed E-state index contributed by atoms with van der Waals surface area (Å²) in [5.74, 6) is 0.825. The van der Waals surface area contributed by atoms with Crippen molar-refractivity contribution in [3.8, 4) is 0 Å². The first-order valence-electron chi connectivity index (χ1n) is 5.45. The summed E-state index contributed by atoms with van der Waals surface area (Å²) in [6.45, 7) is 3.98. The number of thiazole rings is 1. The van der Waals surface area contributed by atoms with Crippen LogP contribution in [0, 0.1) is 5.92 Å². The quantitative estimate of drug-likeness (QED) is 0.848. The molecule has 1 aromatic rings. The van der Waals surface area contributed by atoms with Crippen molar-refractivity contribution >= 4 is 11.3 Å².